The average Bonchev–Trinajstić information content (AvgIpc) is 2.43. The molecule has 0 amide bonds. The second-order valence-electron chi connectivity index (χ2n) is 5.16. The van der Waals surface area contributed by atoms with Crippen molar-refractivity contribution in [1.82, 2.24) is 0 Å². The lowest BCUT2D eigenvalue weighted by atomic mass is 9.74. The van der Waals surface area contributed by atoms with Gasteiger partial charge >= 0.3 is 0 Å². The molecule has 0 spiro atoms. The molecule has 1 aliphatic carbocycles. The first-order valence-corrected chi connectivity index (χ1v) is 8.15. The van der Waals surface area contributed by atoms with E-state index in [2.05, 4.69) is 15.9 Å². The number of halogens is 1. The number of methoxy groups -OCH3 is 1. The van der Waals surface area contributed by atoms with Gasteiger partial charge in [-0.1, -0.05) is 35.2 Å². The van der Waals surface area contributed by atoms with Gasteiger partial charge in [-0.05, 0) is 24.7 Å². The lowest BCUT2D eigenvalue weighted by Crippen LogP contribution is -2.27. The van der Waals surface area contributed by atoms with Gasteiger partial charge in [0.25, 0.3) is 0 Å². The molecule has 4 heteroatoms. The molecule has 1 aliphatic rings. The van der Waals surface area contributed by atoms with E-state index in [4.69, 9.17) is 14.2 Å². The second-order valence-corrected chi connectivity index (χ2v) is 5.72. The van der Waals surface area contributed by atoms with Gasteiger partial charge in [-0.15, -0.1) is 0 Å². The molecule has 0 saturated heterocycles. The molecule has 0 unspecified atom stereocenters. The predicted octanol–water partition coefficient (Wildman–Crippen LogP) is 3.40. The number of hydrogen-bond donors (Lipinski definition) is 0. The molecule has 1 fully saturated rings. The smallest absolute Gasteiger partial charge is 0.0701 e. The van der Waals surface area contributed by atoms with Crippen LogP contribution in [0.1, 0.15) is 38.5 Å². The van der Waals surface area contributed by atoms with E-state index in [9.17, 15) is 0 Å². The summed E-state index contributed by atoms with van der Waals surface area (Å²) in [6.07, 6.45) is 8.05. The monoisotopic (exact) mass is 322 g/mol. The lowest BCUT2D eigenvalue weighted by Gasteiger charge is -2.35. The highest BCUT2D eigenvalue weighted by Crippen LogP contribution is 2.40. The lowest BCUT2D eigenvalue weighted by molar-refractivity contribution is 0.0151. The Morgan fingerprint density at radius 3 is 2.11 bits per heavy atom. The summed E-state index contributed by atoms with van der Waals surface area (Å²) in [5.74, 6) is 0. The molecule has 0 aromatic carbocycles. The van der Waals surface area contributed by atoms with Crippen LogP contribution in [0.4, 0.5) is 0 Å². The maximum atomic E-state index is 5.66. The molecule has 0 radical (unpaired) electrons. The van der Waals surface area contributed by atoms with Crippen LogP contribution in [-0.4, -0.2) is 45.5 Å². The fourth-order valence-electron chi connectivity index (χ4n) is 2.51. The summed E-state index contributed by atoms with van der Waals surface area (Å²) in [6, 6.07) is 0. The van der Waals surface area contributed by atoms with E-state index in [1.54, 1.807) is 7.11 Å². The van der Waals surface area contributed by atoms with E-state index in [1.165, 1.54) is 38.5 Å². The molecular formula is C14H27BrO3. The van der Waals surface area contributed by atoms with Crippen LogP contribution < -0.4 is 0 Å². The van der Waals surface area contributed by atoms with Crippen molar-refractivity contribution in [3.05, 3.63) is 0 Å². The zero-order chi connectivity index (χ0) is 13.1. The topological polar surface area (TPSA) is 27.7 Å². The maximum Gasteiger partial charge on any atom is 0.0701 e. The standard InChI is InChI=1S/C14H27BrO3/c1-16-9-10-18-12-11-17-8-7-14(13-15)5-3-2-4-6-14/h2-13H2,1H3. The van der Waals surface area contributed by atoms with Gasteiger partial charge in [0.2, 0.25) is 0 Å². The minimum atomic E-state index is 0.495. The average molecular weight is 323 g/mol. The minimum Gasteiger partial charge on any atom is -0.382 e. The van der Waals surface area contributed by atoms with Crippen molar-refractivity contribution >= 4 is 15.9 Å². The van der Waals surface area contributed by atoms with Crippen molar-refractivity contribution in [1.29, 1.82) is 0 Å². The summed E-state index contributed by atoms with van der Waals surface area (Å²) in [7, 11) is 1.68. The highest BCUT2D eigenvalue weighted by atomic mass is 79.9. The summed E-state index contributed by atoms with van der Waals surface area (Å²) in [4.78, 5) is 0. The van der Waals surface area contributed by atoms with Crippen molar-refractivity contribution in [2.45, 2.75) is 38.5 Å². The van der Waals surface area contributed by atoms with Crippen molar-refractivity contribution < 1.29 is 14.2 Å². The Bertz CT molecular complexity index is 193. The maximum absolute atomic E-state index is 5.66. The number of alkyl halides is 1. The molecule has 0 aromatic rings. The first-order chi connectivity index (χ1) is 8.83. The summed E-state index contributed by atoms with van der Waals surface area (Å²) >= 11 is 3.69. The zero-order valence-corrected chi connectivity index (χ0v) is 13.2. The van der Waals surface area contributed by atoms with Crippen molar-refractivity contribution in [3.63, 3.8) is 0 Å². The first kappa shape index (κ1) is 16.4. The molecule has 0 heterocycles. The van der Waals surface area contributed by atoms with Crippen LogP contribution in [-0.2, 0) is 14.2 Å². The van der Waals surface area contributed by atoms with E-state index in [0.717, 1.165) is 11.9 Å². The third-order valence-electron chi connectivity index (χ3n) is 3.78. The summed E-state index contributed by atoms with van der Waals surface area (Å²) in [5.41, 5.74) is 0.495. The van der Waals surface area contributed by atoms with E-state index in [-0.39, 0.29) is 0 Å². The van der Waals surface area contributed by atoms with Crippen molar-refractivity contribution in [3.8, 4) is 0 Å². The minimum absolute atomic E-state index is 0.495. The van der Waals surface area contributed by atoms with Gasteiger partial charge in [-0.3, -0.25) is 0 Å². The molecular weight excluding hydrogens is 296 g/mol. The zero-order valence-electron chi connectivity index (χ0n) is 11.6. The molecule has 0 atom stereocenters. The molecule has 1 saturated carbocycles. The Balaban J connectivity index is 1.98. The van der Waals surface area contributed by atoms with Crippen LogP contribution in [0.3, 0.4) is 0 Å². The van der Waals surface area contributed by atoms with Gasteiger partial charge in [-0.2, -0.15) is 0 Å². The van der Waals surface area contributed by atoms with Crippen LogP contribution in [0, 0.1) is 5.41 Å². The normalized spacial score (nSPS) is 19.0. The SMILES string of the molecule is COCCOCCOCCC1(CBr)CCCCC1. The first-order valence-electron chi connectivity index (χ1n) is 7.03. The highest BCUT2D eigenvalue weighted by Gasteiger charge is 2.30. The molecule has 0 aromatic heterocycles. The Hall–Kier alpha value is 0.360. The van der Waals surface area contributed by atoms with Crippen LogP contribution >= 0.6 is 15.9 Å². The third-order valence-corrected chi connectivity index (χ3v) is 4.97. The van der Waals surface area contributed by atoms with Gasteiger partial charge in [0.15, 0.2) is 0 Å². The molecule has 3 nitrogen and oxygen atoms in total. The summed E-state index contributed by atoms with van der Waals surface area (Å²) in [6.45, 7) is 3.55. The highest BCUT2D eigenvalue weighted by molar-refractivity contribution is 9.09. The van der Waals surface area contributed by atoms with Crippen LogP contribution in [0.5, 0.6) is 0 Å². The van der Waals surface area contributed by atoms with E-state index < -0.39 is 0 Å². The molecule has 0 bridgehead atoms. The second kappa shape index (κ2) is 10.2. The number of ether oxygens (including phenoxy) is 3. The quantitative estimate of drug-likeness (QED) is 0.455. The fourth-order valence-corrected chi connectivity index (χ4v) is 3.35. The molecule has 0 N–H and O–H groups in total. The van der Waals surface area contributed by atoms with E-state index in [0.29, 0.717) is 31.8 Å². The van der Waals surface area contributed by atoms with Crippen molar-refractivity contribution in [2.24, 2.45) is 5.41 Å². The van der Waals surface area contributed by atoms with Gasteiger partial charge in [0, 0.05) is 19.0 Å². The Kier molecular flexibility index (Phi) is 9.29. The predicted molar refractivity (Wildman–Crippen MR) is 77.4 cm³/mol. The van der Waals surface area contributed by atoms with Gasteiger partial charge in [-0.25, -0.2) is 0 Å². The van der Waals surface area contributed by atoms with Crippen LogP contribution in [0.25, 0.3) is 0 Å². The third kappa shape index (κ3) is 6.50. The fraction of sp³-hybridized carbons (Fsp3) is 1.00. The van der Waals surface area contributed by atoms with Gasteiger partial charge < -0.3 is 14.2 Å². The Labute approximate surface area is 120 Å². The molecule has 18 heavy (non-hydrogen) atoms. The van der Waals surface area contributed by atoms with Crippen LogP contribution in [0.2, 0.25) is 0 Å². The summed E-state index contributed by atoms with van der Waals surface area (Å²) in [5, 5.41) is 1.12. The van der Waals surface area contributed by atoms with Gasteiger partial charge in [0.1, 0.15) is 0 Å². The summed E-state index contributed by atoms with van der Waals surface area (Å²) < 4.78 is 15.9. The van der Waals surface area contributed by atoms with E-state index >= 15 is 0 Å². The Morgan fingerprint density at radius 1 is 0.889 bits per heavy atom. The number of hydrogen-bond acceptors (Lipinski definition) is 3. The molecule has 108 valence electrons. The van der Waals surface area contributed by atoms with E-state index in [1.807, 2.05) is 0 Å². The number of rotatable bonds is 10. The molecule has 0 aliphatic heterocycles. The van der Waals surface area contributed by atoms with Crippen molar-refractivity contribution in [2.75, 3.05) is 45.5 Å². The molecule has 1 rings (SSSR count). The van der Waals surface area contributed by atoms with Gasteiger partial charge in [0.05, 0.1) is 26.4 Å². The van der Waals surface area contributed by atoms with Crippen LogP contribution in [0.15, 0.2) is 0 Å². The largest absolute Gasteiger partial charge is 0.382 e. The Morgan fingerprint density at radius 2 is 1.50 bits per heavy atom.